The van der Waals surface area contributed by atoms with E-state index in [1.54, 1.807) is 43.5 Å². The summed E-state index contributed by atoms with van der Waals surface area (Å²) in [5.41, 5.74) is 2.13. The van der Waals surface area contributed by atoms with Gasteiger partial charge in [0, 0.05) is 37.2 Å². The summed E-state index contributed by atoms with van der Waals surface area (Å²) < 4.78 is 15.4. The van der Waals surface area contributed by atoms with Crippen molar-refractivity contribution in [2.24, 2.45) is 0 Å². The van der Waals surface area contributed by atoms with E-state index in [4.69, 9.17) is 14.2 Å². The van der Waals surface area contributed by atoms with Crippen LogP contribution in [-0.4, -0.2) is 58.2 Å². The lowest BCUT2D eigenvalue weighted by Crippen LogP contribution is -2.36. The van der Waals surface area contributed by atoms with E-state index >= 15 is 0 Å². The van der Waals surface area contributed by atoms with Gasteiger partial charge in [-0.3, -0.25) is 9.59 Å². The van der Waals surface area contributed by atoms with E-state index in [0.29, 0.717) is 42.2 Å². The zero-order valence-electron chi connectivity index (χ0n) is 18.4. The van der Waals surface area contributed by atoms with Gasteiger partial charge in [0.2, 0.25) is 5.91 Å². The lowest BCUT2D eigenvalue weighted by Gasteiger charge is -2.29. The molecule has 1 aliphatic heterocycles. The molecule has 1 saturated heterocycles. The highest BCUT2D eigenvalue weighted by atomic mass is 16.5. The molecule has 1 heterocycles. The van der Waals surface area contributed by atoms with Crippen LogP contribution in [-0.2, 0) is 14.3 Å². The summed E-state index contributed by atoms with van der Waals surface area (Å²) in [4.78, 5) is 39.2. The summed E-state index contributed by atoms with van der Waals surface area (Å²) in [6, 6.07) is 12.2. The number of ketones is 1. The summed E-state index contributed by atoms with van der Waals surface area (Å²) in [6.45, 7) is 2.71. The van der Waals surface area contributed by atoms with Gasteiger partial charge in [-0.05, 0) is 48.9 Å². The number of hydrogen-bond donors (Lipinski definition) is 1. The zero-order valence-corrected chi connectivity index (χ0v) is 18.4. The highest BCUT2D eigenvalue weighted by Crippen LogP contribution is 2.25. The normalized spacial score (nSPS) is 13.4. The molecule has 1 fully saturated rings. The van der Waals surface area contributed by atoms with Gasteiger partial charge in [-0.15, -0.1) is 0 Å². The number of rotatable bonds is 9. The van der Waals surface area contributed by atoms with Gasteiger partial charge in [0.1, 0.15) is 5.75 Å². The fraction of sp³-hybridized carbons (Fsp3) is 0.375. The largest absolute Gasteiger partial charge is 0.497 e. The third-order valence-corrected chi connectivity index (χ3v) is 5.28. The molecule has 2 aromatic carbocycles. The van der Waals surface area contributed by atoms with Gasteiger partial charge in [-0.25, -0.2) is 4.79 Å². The summed E-state index contributed by atoms with van der Waals surface area (Å²) in [7, 11) is 2.87. The number of morpholine rings is 1. The first-order chi connectivity index (χ1) is 15.5. The number of benzene rings is 2. The number of esters is 1. The number of nitrogens with zero attached hydrogens (tertiary/aromatic N) is 1. The van der Waals surface area contributed by atoms with Crippen LogP contribution in [0.1, 0.15) is 40.0 Å². The van der Waals surface area contributed by atoms with E-state index in [9.17, 15) is 14.4 Å². The van der Waals surface area contributed by atoms with Crippen LogP contribution in [0.3, 0.4) is 0 Å². The Hall–Kier alpha value is -3.39. The van der Waals surface area contributed by atoms with Gasteiger partial charge in [0.05, 0.1) is 38.7 Å². The Morgan fingerprint density at radius 1 is 1.00 bits per heavy atom. The maximum atomic E-state index is 12.4. The molecule has 8 nitrogen and oxygen atoms in total. The predicted octanol–water partition coefficient (Wildman–Crippen LogP) is 3.31. The molecule has 1 N–H and O–H groups in total. The first-order valence-corrected chi connectivity index (χ1v) is 10.5. The molecule has 32 heavy (non-hydrogen) atoms. The van der Waals surface area contributed by atoms with Gasteiger partial charge in [-0.1, -0.05) is 0 Å². The van der Waals surface area contributed by atoms with Crippen molar-refractivity contribution in [1.82, 2.24) is 0 Å². The van der Waals surface area contributed by atoms with Crippen LogP contribution in [0, 0.1) is 0 Å². The molecule has 0 saturated carbocycles. The fourth-order valence-electron chi connectivity index (χ4n) is 3.48. The Morgan fingerprint density at radius 2 is 1.72 bits per heavy atom. The number of carbonyl (C=O) groups is 3. The lowest BCUT2D eigenvalue weighted by molar-refractivity contribution is -0.116. The molecule has 1 amide bonds. The van der Waals surface area contributed by atoms with Gasteiger partial charge >= 0.3 is 5.97 Å². The minimum atomic E-state index is -0.523. The van der Waals surface area contributed by atoms with E-state index < -0.39 is 5.97 Å². The van der Waals surface area contributed by atoms with E-state index in [-0.39, 0.29) is 24.5 Å². The molecular formula is C24H28N2O6. The molecule has 0 atom stereocenters. The number of amides is 1. The number of anilines is 2. The molecule has 0 unspecified atom stereocenters. The van der Waals surface area contributed by atoms with Crippen molar-refractivity contribution >= 4 is 29.0 Å². The maximum absolute atomic E-state index is 12.4. The second kappa shape index (κ2) is 11.3. The van der Waals surface area contributed by atoms with Gasteiger partial charge in [0.25, 0.3) is 0 Å². The highest BCUT2D eigenvalue weighted by Gasteiger charge is 2.18. The molecule has 0 spiro atoms. The van der Waals surface area contributed by atoms with Gasteiger partial charge < -0.3 is 24.4 Å². The van der Waals surface area contributed by atoms with Crippen molar-refractivity contribution < 1.29 is 28.6 Å². The third-order valence-electron chi connectivity index (χ3n) is 5.28. The molecule has 3 rings (SSSR count). The monoisotopic (exact) mass is 440 g/mol. The van der Waals surface area contributed by atoms with Crippen molar-refractivity contribution in [3.63, 3.8) is 0 Å². The Kier molecular flexibility index (Phi) is 8.21. The number of Topliss-reactive ketones (excluding diaryl/α,β-unsaturated/α-hetero) is 1. The highest BCUT2D eigenvalue weighted by molar-refractivity contribution is 6.02. The molecule has 0 bridgehead atoms. The number of nitrogens with one attached hydrogen (secondary N) is 1. The van der Waals surface area contributed by atoms with Crippen LogP contribution in [0.25, 0.3) is 0 Å². The lowest BCUT2D eigenvalue weighted by atomic mass is 10.0. The van der Waals surface area contributed by atoms with Crippen LogP contribution in [0.4, 0.5) is 11.4 Å². The fourth-order valence-corrected chi connectivity index (χ4v) is 3.48. The first-order valence-electron chi connectivity index (χ1n) is 10.5. The topological polar surface area (TPSA) is 94.2 Å². The summed E-state index contributed by atoms with van der Waals surface area (Å²) in [6.07, 6.45) is 0.809. The predicted molar refractivity (Wildman–Crippen MR) is 121 cm³/mol. The second-order valence-electron chi connectivity index (χ2n) is 7.37. The minimum absolute atomic E-state index is 0.0365. The van der Waals surface area contributed by atoms with E-state index in [2.05, 4.69) is 10.2 Å². The van der Waals surface area contributed by atoms with E-state index in [0.717, 1.165) is 18.8 Å². The number of hydrogen-bond acceptors (Lipinski definition) is 7. The summed E-state index contributed by atoms with van der Waals surface area (Å²) in [5, 5.41) is 2.77. The molecule has 8 heteroatoms. The number of methoxy groups -OCH3 is 2. The smallest absolute Gasteiger partial charge is 0.340 e. The van der Waals surface area contributed by atoms with E-state index in [1.165, 1.54) is 7.11 Å². The molecule has 0 aliphatic carbocycles. The van der Waals surface area contributed by atoms with Gasteiger partial charge in [-0.2, -0.15) is 0 Å². The minimum Gasteiger partial charge on any atom is -0.497 e. The average molecular weight is 440 g/mol. The molecule has 0 radical (unpaired) electrons. The standard InChI is InChI=1S/C24H28N2O6/c1-30-19-9-6-17(7-10-19)22(27)4-3-5-23(28)25-21-11-8-18(16-20(21)24(29)31-2)26-12-14-32-15-13-26/h6-11,16H,3-5,12-15H2,1-2H3,(H,25,28). The Morgan fingerprint density at radius 3 is 2.38 bits per heavy atom. The Bertz CT molecular complexity index is 951. The second-order valence-corrected chi connectivity index (χ2v) is 7.37. The maximum Gasteiger partial charge on any atom is 0.340 e. The molecule has 170 valence electrons. The van der Waals surface area contributed by atoms with Crippen molar-refractivity contribution in [3.8, 4) is 5.75 Å². The summed E-state index contributed by atoms with van der Waals surface area (Å²) >= 11 is 0. The van der Waals surface area contributed by atoms with Crippen LogP contribution in [0.15, 0.2) is 42.5 Å². The first kappa shape index (κ1) is 23.3. The van der Waals surface area contributed by atoms with Gasteiger partial charge in [0.15, 0.2) is 5.78 Å². The zero-order chi connectivity index (χ0) is 22.9. The summed E-state index contributed by atoms with van der Waals surface area (Å²) in [5.74, 6) is -0.144. The van der Waals surface area contributed by atoms with Crippen molar-refractivity contribution in [1.29, 1.82) is 0 Å². The van der Waals surface area contributed by atoms with Crippen molar-refractivity contribution in [2.75, 3.05) is 50.7 Å². The molecule has 1 aliphatic rings. The molecular weight excluding hydrogens is 412 g/mol. The number of carbonyl (C=O) groups excluding carboxylic acids is 3. The van der Waals surface area contributed by atoms with Crippen molar-refractivity contribution in [2.45, 2.75) is 19.3 Å². The Labute approximate surface area is 187 Å². The molecule has 0 aromatic heterocycles. The van der Waals surface area contributed by atoms with Crippen LogP contribution >= 0.6 is 0 Å². The van der Waals surface area contributed by atoms with Crippen molar-refractivity contribution in [3.05, 3.63) is 53.6 Å². The van der Waals surface area contributed by atoms with Crippen LogP contribution in [0.2, 0.25) is 0 Å². The molecule has 2 aromatic rings. The van der Waals surface area contributed by atoms with Crippen LogP contribution < -0.4 is 15.0 Å². The third kappa shape index (κ3) is 6.07. The average Bonchev–Trinajstić information content (AvgIpc) is 2.84. The van der Waals surface area contributed by atoms with E-state index in [1.807, 2.05) is 6.07 Å². The van der Waals surface area contributed by atoms with Crippen LogP contribution in [0.5, 0.6) is 5.75 Å². The number of ether oxygens (including phenoxy) is 3. The SMILES string of the molecule is COC(=O)c1cc(N2CCOCC2)ccc1NC(=O)CCCC(=O)c1ccc(OC)cc1. The Balaban J connectivity index is 1.58. The quantitative estimate of drug-likeness (QED) is 0.472.